The zero-order valence-corrected chi connectivity index (χ0v) is 19.2. The summed E-state index contributed by atoms with van der Waals surface area (Å²) in [5.74, 6) is -0.421. The molecule has 5 nitrogen and oxygen atoms in total. The molecule has 0 saturated carbocycles. The predicted molar refractivity (Wildman–Crippen MR) is 121 cm³/mol. The van der Waals surface area contributed by atoms with Crippen molar-refractivity contribution in [3.63, 3.8) is 0 Å². The smallest absolute Gasteiger partial charge is 0.221 e. The molecule has 2 fully saturated rings. The average Bonchev–Trinajstić information content (AvgIpc) is 2.78. The van der Waals surface area contributed by atoms with E-state index in [0.717, 1.165) is 17.5 Å². The Morgan fingerprint density at radius 3 is 2.53 bits per heavy atom. The van der Waals surface area contributed by atoms with Crippen LogP contribution in [0.2, 0.25) is 0 Å². The Morgan fingerprint density at radius 1 is 1.16 bits per heavy atom. The highest BCUT2D eigenvalue weighted by molar-refractivity contribution is 7.89. The van der Waals surface area contributed by atoms with E-state index in [2.05, 4.69) is 6.07 Å². The number of hydrogen-bond acceptors (Lipinski definition) is 4. The number of benzene rings is 2. The Bertz CT molecular complexity index is 1090. The lowest BCUT2D eigenvalue weighted by atomic mass is 9.72. The van der Waals surface area contributed by atoms with Gasteiger partial charge in [0.15, 0.2) is 0 Å². The fourth-order valence-corrected chi connectivity index (χ4v) is 7.19. The van der Waals surface area contributed by atoms with Gasteiger partial charge in [-0.15, -0.1) is 0 Å². The second-order valence-corrected chi connectivity index (χ2v) is 11.0. The third-order valence-electron chi connectivity index (χ3n) is 7.05. The van der Waals surface area contributed by atoms with Gasteiger partial charge in [-0.1, -0.05) is 42.5 Å². The van der Waals surface area contributed by atoms with Crippen molar-refractivity contribution in [1.82, 2.24) is 4.31 Å². The third-order valence-corrected chi connectivity index (χ3v) is 9.42. The van der Waals surface area contributed by atoms with E-state index in [4.69, 9.17) is 4.74 Å². The molecule has 2 aliphatic rings. The number of nitriles is 1. The number of sulfonamides is 1. The summed E-state index contributed by atoms with van der Waals surface area (Å²) in [5, 5.41) is 8.72. The van der Waals surface area contributed by atoms with E-state index in [1.165, 1.54) is 10.4 Å². The van der Waals surface area contributed by atoms with Crippen molar-refractivity contribution in [2.45, 2.75) is 62.3 Å². The molecule has 4 rings (SSSR count). The molecule has 2 heterocycles. The largest absolute Gasteiger partial charge is 0.381 e. The van der Waals surface area contributed by atoms with Gasteiger partial charge in [-0.05, 0) is 49.8 Å². The monoisotopic (exact) mass is 456 g/mol. The quantitative estimate of drug-likeness (QED) is 0.645. The Kier molecular flexibility index (Phi) is 6.66. The lowest BCUT2D eigenvalue weighted by molar-refractivity contribution is 0.0514. The molecule has 2 aromatic rings. The number of halogens is 1. The lowest BCUT2D eigenvalue weighted by Gasteiger charge is -2.38. The highest BCUT2D eigenvalue weighted by Gasteiger charge is 2.41. The van der Waals surface area contributed by atoms with Crippen LogP contribution in [-0.4, -0.2) is 32.0 Å². The van der Waals surface area contributed by atoms with E-state index >= 15 is 4.39 Å². The summed E-state index contributed by atoms with van der Waals surface area (Å²) in [4.78, 5) is 0. The van der Waals surface area contributed by atoms with Crippen LogP contribution in [0.1, 0.15) is 61.0 Å². The van der Waals surface area contributed by atoms with Crippen LogP contribution in [0.15, 0.2) is 48.5 Å². The van der Waals surface area contributed by atoms with Gasteiger partial charge in [0.1, 0.15) is 11.1 Å². The first-order valence-corrected chi connectivity index (χ1v) is 12.7. The third kappa shape index (κ3) is 4.32. The number of rotatable bonds is 5. The maximum Gasteiger partial charge on any atom is 0.221 e. The topological polar surface area (TPSA) is 70.4 Å². The SMILES string of the molecule is C[C@H]1CC[C@H](c2ccccc2)S(=O)(=O)N1Cc1ccc(C2(CC#N)CCOCC2)cc1F. The second-order valence-electron chi connectivity index (χ2n) is 8.95. The Balaban J connectivity index is 1.61. The standard InChI is InChI=1S/C25H29FN2O3S/c1-19-7-10-24(20-5-3-2-4-6-20)32(29,30)28(19)18-21-8-9-22(17-23(21)26)25(11-14-27)12-15-31-16-13-25/h2-6,8-9,17,19,24H,7,10-13,15-16,18H2,1H3/t19-,24+/m0/s1. The van der Waals surface area contributed by atoms with Crippen LogP contribution in [0.5, 0.6) is 0 Å². The van der Waals surface area contributed by atoms with Crippen molar-refractivity contribution in [2.75, 3.05) is 13.2 Å². The van der Waals surface area contributed by atoms with Crippen molar-refractivity contribution in [2.24, 2.45) is 0 Å². The molecular weight excluding hydrogens is 427 g/mol. The van der Waals surface area contributed by atoms with Crippen LogP contribution in [0, 0.1) is 17.1 Å². The normalized spacial score (nSPS) is 25.2. The Labute approximate surface area is 189 Å². The molecule has 2 aromatic carbocycles. The molecule has 170 valence electrons. The van der Waals surface area contributed by atoms with Crippen molar-refractivity contribution < 1.29 is 17.5 Å². The van der Waals surface area contributed by atoms with E-state index in [-0.39, 0.29) is 12.6 Å². The first kappa shape index (κ1) is 22.9. The Hall–Kier alpha value is -2.27. The van der Waals surface area contributed by atoms with Crippen molar-refractivity contribution in [1.29, 1.82) is 5.26 Å². The highest BCUT2D eigenvalue weighted by atomic mass is 32.2. The van der Waals surface area contributed by atoms with Crippen LogP contribution in [0.4, 0.5) is 4.39 Å². The van der Waals surface area contributed by atoms with E-state index in [1.54, 1.807) is 6.07 Å². The van der Waals surface area contributed by atoms with Gasteiger partial charge in [0.25, 0.3) is 0 Å². The van der Waals surface area contributed by atoms with Gasteiger partial charge >= 0.3 is 0 Å². The maximum absolute atomic E-state index is 15.2. The van der Waals surface area contributed by atoms with Gasteiger partial charge in [-0.3, -0.25) is 0 Å². The number of ether oxygens (including phenoxy) is 1. The van der Waals surface area contributed by atoms with Crippen molar-refractivity contribution in [3.05, 3.63) is 71.0 Å². The molecule has 0 radical (unpaired) electrons. The second kappa shape index (κ2) is 9.30. The molecule has 32 heavy (non-hydrogen) atoms. The molecule has 0 bridgehead atoms. The summed E-state index contributed by atoms with van der Waals surface area (Å²) < 4.78 is 49.0. The van der Waals surface area contributed by atoms with Crippen molar-refractivity contribution >= 4 is 10.0 Å². The van der Waals surface area contributed by atoms with Gasteiger partial charge in [-0.25, -0.2) is 12.8 Å². The molecule has 7 heteroatoms. The zero-order chi connectivity index (χ0) is 22.8. The van der Waals surface area contributed by atoms with Gasteiger partial charge < -0.3 is 4.74 Å². The minimum absolute atomic E-state index is 0.00725. The van der Waals surface area contributed by atoms with Crippen molar-refractivity contribution in [3.8, 4) is 6.07 Å². The number of nitrogens with zero attached hydrogens (tertiary/aromatic N) is 2. The van der Waals surface area contributed by atoms with E-state index < -0.39 is 26.5 Å². The van der Waals surface area contributed by atoms with E-state index in [0.29, 0.717) is 44.5 Å². The van der Waals surface area contributed by atoms with Gasteiger partial charge in [-0.2, -0.15) is 9.57 Å². The van der Waals surface area contributed by atoms with Crippen LogP contribution in [-0.2, 0) is 26.7 Å². The average molecular weight is 457 g/mol. The minimum atomic E-state index is -3.63. The molecule has 0 spiro atoms. The van der Waals surface area contributed by atoms with Gasteiger partial charge in [0.05, 0.1) is 6.07 Å². The fourth-order valence-electron chi connectivity index (χ4n) is 5.01. The van der Waals surface area contributed by atoms with Crippen LogP contribution in [0.3, 0.4) is 0 Å². The Morgan fingerprint density at radius 2 is 1.88 bits per heavy atom. The first-order valence-electron chi connectivity index (χ1n) is 11.2. The van der Waals surface area contributed by atoms with Crippen LogP contribution < -0.4 is 0 Å². The summed E-state index contributed by atoms with van der Waals surface area (Å²) >= 11 is 0. The van der Waals surface area contributed by atoms with E-state index in [9.17, 15) is 13.7 Å². The van der Waals surface area contributed by atoms with Gasteiger partial charge in [0, 0.05) is 43.2 Å². The summed E-state index contributed by atoms with van der Waals surface area (Å²) in [6.07, 6.45) is 2.95. The molecule has 2 aliphatic heterocycles. The molecule has 0 N–H and O–H groups in total. The summed E-state index contributed by atoms with van der Waals surface area (Å²) in [6, 6.07) is 16.3. The molecule has 0 aromatic heterocycles. The molecular formula is C25H29FN2O3S. The summed E-state index contributed by atoms with van der Waals surface area (Å²) in [5.41, 5.74) is 1.52. The first-order chi connectivity index (χ1) is 15.4. The minimum Gasteiger partial charge on any atom is -0.381 e. The van der Waals surface area contributed by atoms with Gasteiger partial charge in [0.2, 0.25) is 10.0 Å². The highest BCUT2D eigenvalue weighted by Crippen LogP contribution is 2.40. The van der Waals surface area contributed by atoms with Crippen LogP contribution in [0.25, 0.3) is 0 Å². The molecule has 2 saturated heterocycles. The molecule has 0 amide bonds. The predicted octanol–water partition coefficient (Wildman–Crippen LogP) is 4.84. The van der Waals surface area contributed by atoms with E-state index in [1.807, 2.05) is 43.3 Å². The number of hydrogen-bond donors (Lipinski definition) is 0. The summed E-state index contributed by atoms with van der Waals surface area (Å²) in [6.45, 7) is 2.99. The van der Waals surface area contributed by atoms with Crippen LogP contribution >= 0.6 is 0 Å². The molecule has 0 unspecified atom stereocenters. The molecule has 2 atom stereocenters. The molecule has 0 aliphatic carbocycles. The lowest BCUT2D eigenvalue weighted by Crippen LogP contribution is -2.44. The fraction of sp³-hybridized carbons (Fsp3) is 0.480. The zero-order valence-electron chi connectivity index (χ0n) is 18.3. The summed E-state index contributed by atoms with van der Waals surface area (Å²) in [7, 11) is -3.63. The maximum atomic E-state index is 15.2.